The molecule has 2 aromatic rings. The number of anilines is 1. The fraction of sp³-hybridized carbons (Fsp3) is 0.150. The largest absolute Gasteiger partial charge is 0.478 e. The molecular formula is C20H17ClN4O4S. The van der Waals surface area contributed by atoms with Gasteiger partial charge in [0, 0.05) is 11.4 Å². The van der Waals surface area contributed by atoms with Crippen molar-refractivity contribution >= 4 is 57.7 Å². The average Bonchev–Trinajstić information content (AvgIpc) is 2.99. The zero-order valence-electron chi connectivity index (χ0n) is 15.8. The Kier molecular flexibility index (Phi) is 6.53. The fourth-order valence-electron chi connectivity index (χ4n) is 2.76. The number of carbonyl (C=O) groups excluding carboxylic acids is 2. The summed E-state index contributed by atoms with van der Waals surface area (Å²) in [6, 6.07) is 12.6. The van der Waals surface area contributed by atoms with E-state index in [0.29, 0.717) is 16.4 Å². The number of carboxylic acids is 1. The lowest BCUT2D eigenvalue weighted by Gasteiger charge is -2.14. The Morgan fingerprint density at radius 3 is 2.30 bits per heavy atom. The van der Waals surface area contributed by atoms with Gasteiger partial charge in [0.1, 0.15) is 5.25 Å². The molecule has 3 rings (SSSR count). The van der Waals surface area contributed by atoms with Crippen LogP contribution in [0.15, 0.2) is 58.7 Å². The van der Waals surface area contributed by atoms with Gasteiger partial charge in [-0.2, -0.15) is 5.10 Å². The second-order valence-corrected chi connectivity index (χ2v) is 8.02. The summed E-state index contributed by atoms with van der Waals surface area (Å²) in [6.45, 7) is 1.76. The lowest BCUT2D eigenvalue weighted by atomic mass is 10.1. The number of carbonyl (C=O) groups is 3. The zero-order valence-corrected chi connectivity index (χ0v) is 17.4. The number of nitrogens with two attached hydrogens (primary N) is 1. The second-order valence-electron chi connectivity index (χ2n) is 6.36. The van der Waals surface area contributed by atoms with E-state index in [4.69, 9.17) is 22.4 Å². The van der Waals surface area contributed by atoms with Gasteiger partial charge in [-0.1, -0.05) is 35.5 Å². The number of hydrogen-bond donors (Lipinski definition) is 2. The minimum Gasteiger partial charge on any atom is -0.478 e. The molecule has 1 aliphatic heterocycles. The number of aromatic carboxylic acids is 1. The Hall–Kier alpha value is -3.17. The van der Waals surface area contributed by atoms with Crippen LogP contribution in [0.1, 0.15) is 29.3 Å². The molecule has 0 saturated carbocycles. The van der Waals surface area contributed by atoms with Gasteiger partial charge in [0.25, 0.3) is 0 Å². The van der Waals surface area contributed by atoms with Crippen molar-refractivity contribution in [2.45, 2.75) is 18.6 Å². The van der Waals surface area contributed by atoms with Crippen molar-refractivity contribution in [1.82, 2.24) is 0 Å². The van der Waals surface area contributed by atoms with E-state index < -0.39 is 23.0 Å². The van der Waals surface area contributed by atoms with Gasteiger partial charge in [0.05, 0.1) is 17.0 Å². The molecule has 0 aliphatic carbocycles. The van der Waals surface area contributed by atoms with Crippen LogP contribution in [-0.2, 0) is 9.59 Å². The van der Waals surface area contributed by atoms with Crippen LogP contribution in [0.3, 0.4) is 0 Å². The summed E-state index contributed by atoms with van der Waals surface area (Å²) < 4.78 is 0. The average molecular weight is 445 g/mol. The first-order valence-corrected chi connectivity index (χ1v) is 10.0. The molecule has 0 radical (unpaired) electrons. The van der Waals surface area contributed by atoms with Crippen LogP contribution < -0.4 is 10.6 Å². The number of halogens is 1. The second kappa shape index (κ2) is 9.10. The number of nitrogens with zero attached hydrogens (tertiary/aromatic N) is 3. The SMILES string of the molecule is C/C(=N/N=C(N)S[C@@H]1CC(=O)N(c2ccc(C(=O)O)cc2)C1=O)c1ccc(Cl)cc1. The van der Waals surface area contributed by atoms with Gasteiger partial charge in [-0.05, 0) is 48.9 Å². The molecule has 0 unspecified atom stereocenters. The molecule has 1 aliphatic rings. The van der Waals surface area contributed by atoms with Crippen molar-refractivity contribution in [2.24, 2.45) is 15.9 Å². The van der Waals surface area contributed by atoms with Crippen molar-refractivity contribution in [2.75, 3.05) is 4.90 Å². The maximum absolute atomic E-state index is 12.7. The predicted molar refractivity (Wildman–Crippen MR) is 117 cm³/mol. The smallest absolute Gasteiger partial charge is 0.335 e. The van der Waals surface area contributed by atoms with Gasteiger partial charge >= 0.3 is 5.97 Å². The van der Waals surface area contributed by atoms with Crippen molar-refractivity contribution in [1.29, 1.82) is 0 Å². The van der Waals surface area contributed by atoms with Crippen molar-refractivity contribution in [3.05, 3.63) is 64.7 Å². The normalized spacial score (nSPS) is 17.5. The van der Waals surface area contributed by atoms with E-state index >= 15 is 0 Å². The van der Waals surface area contributed by atoms with Gasteiger partial charge in [0.15, 0.2) is 5.17 Å². The third kappa shape index (κ3) is 4.87. The zero-order chi connectivity index (χ0) is 21.8. The van der Waals surface area contributed by atoms with Crippen LogP contribution in [0.5, 0.6) is 0 Å². The summed E-state index contributed by atoms with van der Waals surface area (Å²) in [5.74, 6) is -1.92. The Morgan fingerprint density at radius 2 is 1.70 bits per heavy atom. The minimum atomic E-state index is -1.09. The number of amides is 2. The fourth-order valence-corrected chi connectivity index (χ4v) is 3.70. The minimum absolute atomic E-state index is 0.0414. The van der Waals surface area contributed by atoms with Crippen LogP contribution in [0.4, 0.5) is 5.69 Å². The molecule has 1 saturated heterocycles. The Balaban J connectivity index is 1.69. The van der Waals surface area contributed by atoms with E-state index in [2.05, 4.69) is 10.2 Å². The van der Waals surface area contributed by atoms with Crippen LogP contribution >= 0.6 is 23.4 Å². The van der Waals surface area contributed by atoms with Crippen molar-refractivity contribution < 1.29 is 19.5 Å². The molecule has 10 heteroatoms. The molecule has 8 nitrogen and oxygen atoms in total. The molecule has 1 fully saturated rings. The quantitative estimate of drug-likeness (QED) is 0.316. The predicted octanol–water partition coefficient (Wildman–Crippen LogP) is 3.14. The lowest BCUT2D eigenvalue weighted by Crippen LogP contribution is -2.31. The Morgan fingerprint density at radius 1 is 1.10 bits per heavy atom. The van der Waals surface area contributed by atoms with Crippen molar-refractivity contribution in [3.8, 4) is 0 Å². The number of hydrogen-bond acceptors (Lipinski definition) is 6. The van der Waals surface area contributed by atoms with E-state index in [1.54, 1.807) is 31.2 Å². The monoisotopic (exact) mass is 444 g/mol. The van der Waals surface area contributed by atoms with E-state index in [-0.39, 0.29) is 17.2 Å². The first kappa shape index (κ1) is 21.5. The summed E-state index contributed by atoms with van der Waals surface area (Å²) in [7, 11) is 0. The summed E-state index contributed by atoms with van der Waals surface area (Å²) >= 11 is 6.82. The first-order valence-electron chi connectivity index (χ1n) is 8.76. The highest BCUT2D eigenvalue weighted by Gasteiger charge is 2.40. The standard InChI is InChI=1S/C20H17ClN4O4S/c1-11(12-2-6-14(21)7-3-12)23-24-20(22)30-16-10-17(26)25(18(16)27)15-8-4-13(5-9-15)19(28)29/h2-9,16H,10H2,1H3,(H2,22,24)(H,28,29)/b23-11-/t16-/m1/s1. The molecule has 3 N–H and O–H groups in total. The Labute approximate surface area is 181 Å². The highest BCUT2D eigenvalue weighted by Crippen LogP contribution is 2.30. The maximum atomic E-state index is 12.7. The van der Waals surface area contributed by atoms with Crippen LogP contribution in [0.25, 0.3) is 0 Å². The topological polar surface area (TPSA) is 125 Å². The third-order valence-electron chi connectivity index (χ3n) is 4.30. The van der Waals surface area contributed by atoms with Crippen LogP contribution in [0, 0.1) is 0 Å². The summed E-state index contributed by atoms with van der Waals surface area (Å²) in [4.78, 5) is 37.0. The molecule has 0 spiro atoms. The molecule has 2 aromatic carbocycles. The van der Waals surface area contributed by atoms with E-state index in [0.717, 1.165) is 22.2 Å². The van der Waals surface area contributed by atoms with Crippen LogP contribution in [0.2, 0.25) is 5.02 Å². The molecule has 30 heavy (non-hydrogen) atoms. The van der Waals surface area contributed by atoms with E-state index in [9.17, 15) is 14.4 Å². The summed E-state index contributed by atoms with van der Waals surface area (Å²) in [5.41, 5.74) is 7.70. The van der Waals surface area contributed by atoms with Gasteiger partial charge < -0.3 is 10.8 Å². The number of carboxylic acid groups (broad SMARTS) is 1. The van der Waals surface area contributed by atoms with Gasteiger partial charge in [-0.3, -0.25) is 9.59 Å². The number of benzene rings is 2. The van der Waals surface area contributed by atoms with Gasteiger partial charge in [0.2, 0.25) is 11.8 Å². The highest BCUT2D eigenvalue weighted by atomic mass is 35.5. The number of rotatable bonds is 5. The molecular weight excluding hydrogens is 428 g/mol. The van der Waals surface area contributed by atoms with Crippen LogP contribution in [-0.4, -0.2) is 39.0 Å². The van der Waals surface area contributed by atoms with E-state index in [1.807, 2.05) is 0 Å². The number of thioether (sulfide) groups is 1. The summed E-state index contributed by atoms with van der Waals surface area (Å²) in [6.07, 6.45) is -0.0414. The molecule has 0 bridgehead atoms. The third-order valence-corrected chi connectivity index (χ3v) is 5.53. The van der Waals surface area contributed by atoms with Gasteiger partial charge in [-0.15, -0.1) is 5.10 Å². The Bertz CT molecular complexity index is 1050. The lowest BCUT2D eigenvalue weighted by molar-refractivity contribution is -0.121. The first-order chi connectivity index (χ1) is 14.3. The summed E-state index contributed by atoms with van der Waals surface area (Å²) in [5, 5.41) is 16.9. The maximum Gasteiger partial charge on any atom is 0.335 e. The number of amidine groups is 1. The molecule has 154 valence electrons. The molecule has 1 heterocycles. The number of imide groups is 1. The molecule has 1 atom stereocenters. The molecule has 0 aromatic heterocycles. The van der Waals surface area contributed by atoms with E-state index in [1.165, 1.54) is 24.3 Å². The molecule has 2 amide bonds. The highest BCUT2D eigenvalue weighted by molar-refractivity contribution is 8.14. The van der Waals surface area contributed by atoms with Gasteiger partial charge in [-0.25, -0.2) is 9.69 Å². The van der Waals surface area contributed by atoms with Crippen molar-refractivity contribution in [3.63, 3.8) is 0 Å².